The van der Waals surface area contributed by atoms with Crippen molar-refractivity contribution >= 4 is 11.6 Å². The van der Waals surface area contributed by atoms with Gasteiger partial charge in [0.2, 0.25) is 0 Å². The van der Waals surface area contributed by atoms with Crippen LogP contribution in [-0.2, 0) is 13.1 Å². The molecule has 1 aromatic carbocycles. The van der Waals surface area contributed by atoms with Crippen LogP contribution in [0.25, 0.3) is 0 Å². The van der Waals surface area contributed by atoms with E-state index in [0.717, 1.165) is 31.0 Å². The minimum Gasteiger partial charge on any atom is -0.493 e. The predicted octanol–water partition coefficient (Wildman–Crippen LogP) is 3.68. The van der Waals surface area contributed by atoms with Crippen LogP contribution in [-0.4, -0.2) is 29.8 Å². The highest BCUT2D eigenvalue weighted by atomic mass is 35.5. The van der Waals surface area contributed by atoms with Crippen molar-refractivity contribution < 1.29 is 9.47 Å². The lowest BCUT2D eigenvalue weighted by Gasteiger charge is -2.16. The van der Waals surface area contributed by atoms with Gasteiger partial charge < -0.3 is 19.4 Å². The molecule has 6 heteroatoms. The van der Waals surface area contributed by atoms with Crippen LogP contribution in [0.3, 0.4) is 0 Å². The number of rotatable bonds is 9. The van der Waals surface area contributed by atoms with Gasteiger partial charge in [0.1, 0.15) is 5.82 Å². The van der Waals surface area contributed by atoms with Gasteiger partial charge in [0, 0.05) is 25.5 Å². The molecule has 0 aliphatic heterocycles. The zero-order valence-electron chi connectivity index (χ0n) is 14.8. The maximum Gasteiger partial charge on any atom is 0.179 e. The standard InChI is InChI=1S/C18H26ClN3O2/c1-5-24-18-16(19)8-15(9-17(18)23-4)11-20-10-13(2)12-22-7-6-21-14(22)3/h6-9,13,20H,5,10-12H2,1-4H3. The van der Waals surface area contributed by atoms with Gasteiger partial charge in [-0.1, -0.05) is 18.5 Å². The SMILES string of the molecule is CCOc1c(Cl)cc(CNCC(C)Cn2ccnc2C)cc1OC. The van der Waals surface area contributed by atoms with Crippen molar-refractivity contribution in [3.8, 4) is 11.5 Å². The summed E-state index contributed by atoms with van der Waals surface area (Å²) >= 11 is 6.30. The van der Waals surface area contributed by atoms with Crippen molar-refractivity contribution in [2.75, 3.05) is 20.3 Å². The number of nitrogens with zero attached hydrogens (tertiary/aromatic N) is 2. The molecule has 24 heavy (non-hydrogen) atoms. The zero-order chi connectivity index (χ0) is 17.5. The normalized spacial score (nSPS) is 12.2. The summed E-state index contributed by atoms with van der Waals surface area (Å²) in [5, 5.41) is 4.05. The second-order valence-electron chi connectivity index (χ2n) is 5.90. The maximum absolute atomic E-state index is 6.30. The number of halogens is 1. The molecule has 1 aromatic heterocycles. The number of benzene rings is 1. The van der Waals surface area contributed by atoms with Gasteiger partial charge in [-0.05, 0) is 44.0 Å². The second kappa shape index (κ2) is 8.94. The van der Waals surface area contributed by atoms with E-state index in [0.29, 0.717) is 29.0 Å². The molecule has 0 spiro atoms. The van der Waals surface area contributed by atoms with E-state index in [4.69, 9.17) is 21.1 Å². The van der Waals surface area contributed by atoms with Gasteiger partial charge in [0.25, 0.3) is 0 Å². The average Bonchev–Trinajstić information content (AvgIpc) is 2.94. The fraction of sp³-hybridized carbons (Fsp3) is 0.500. The molecule has 0 bridgehead atoms. The van der Waals surface area contributed by atoms with Crippen LogP contribution in [0, 0.1) is 12.8 Å². The molecule has 0 saturated carbocycles. The fourth-order valence-electron chi connectivity index (χ4n) is 2.62. The third-order valence-electron chi connectivity index (χ3n) is 3.83. The summed E-state index contributed by atoms with van der Waals surface area (Å²) in [4.78, 5) is 4.25. The Morgan fingerprint density at radius 3 is 2.79 bits per heavy atom. The molecule has 2 aromatic rings. The molecule has 1 unspecified atom stereocenters. The molecule has 2 rings (SSSR count). The first-order valence-corrected chi connectivity index (χ1v) is 8.60. The highest BCUT2D eigenvalue weighted by Crippen LogP contribution is 2.36. The molecular formula is C18H26ClN3O2. The van der Waals surface area contributed by atoms with Crippen LogP contribution >= 0.6 is 11.6 Å². The zero-order valence-corrected chi connectivity index (χ0v) is 15.6. The Labute approximate surface area is 148 Å². The summed E-state index contributed by atoms with van der Waals surface area (Å²) < 4.78 is 13.1. The van der Waals surface area contributed by atoms with Crippen molar-refractivity contribution in [2.24, 2.45) is 5.92 Å². The molecule has 0 fully saturated rings. The summed E-state index contributed by atoms with van der Waals surface area (Å²) in [5.74, 6) is 2.82. The van der Waals surface area contributed by atoms with Crippen molar-refractivity contribution in [3.63, 3.8) is 0 Å². The Kier molecular flexibility index (Phi) is 6.94. The Hall–Kier alpha value is -1.72. The molecule has 1 atom stereocenters. The van der Waals surface area contributed by atoms with Gasteiger partial charge in [-0.2, -0.15) is 0 Å². The lowest BCUT2D eigenvalue weighted by molar-refractivity contribution is 0.311. The van der Waals surface area contributed by atoms with Gasteiger partial charge >= 0.3 is 0 Å². The number of ether oxygens (including phenoxy) is 2. The largest absolute Gasteiger partial charge is 0.493 e. The van der Waals surface area contributed by atoms with E-state index in [9.17, 15) is 0 Å². The molecule has 0 radical (unpaired) electrons. The first-order valence-electron chi connectivity index (χ1n) is 8.22. The number of hydrogen-bond donors (Lipinski definition) is 1. The molecule has 5 nitrogen and oxygen atoms in total. The van der Waals surface area contributed by atoms with Crippen molar-refractivity contribution in [3.05, 3.63) is 40.9 Å². The molecule has 0 aliphatic carbocycles. The monoisotopic (exact) mass is 351 g/mol. The number of aromatic nitrogens is 2. The Morgan fingerprint density at radius 2 is 2.17 bits per heavy atom. The summed E-state index contributed by atoms with van der Waals surface area (Å²) in [6.07, 6.45) is 3.85. The van der Waals surface area contributed by atoms with Gasteiger partial charge in [0.05, 0.1) is 18.7 Å². The van der Waals surface area contributed by atoms with E-state index in [-0.39, 0.29) is 0 Å². The van der Waals surface area contributed by atoms with E-state index in [2.05, 4.69) is 21.8 Å². The van der Waals surface area contributed by atoms with Crippen LogP contribution in [0.15, 0.2) is 24.5 Å². The average molecular weight is 352 g/mol. The summed E-state index contributed by atoms with van der Waals surface area (Å²) in [6.45, 7) is 9.31. The summed E-state index contributed by atoms with van der Waals surface area (Å²) in [6, 6.07) is 3.89. The lowest BCUT2D eigenvalue weighted by atomic mass is 10.1. The summed E-state index contributed by atoms with van der Waals surface area (Å²) in [5.41, 5.74) is 1.08. The Bertz CT molecular complexity index is 658. The Morgan fingerprint density at radius 1 is 1.38 bits per heavy atom. The molecule has 0 amide bonds. The van der Waals surface area contributed by atoms with Gasteiger partial charge in [0.15, 0.2) is 11.5 Å². The first kappa shape index (κ1) is 18.6. The minimum atomic E-state index is 0.498. The molecule has 1 heterocycles. The molecule has 0 saturated heterocycles. The number of imidazole rings is 1. The van der Waals surface area contributed by atoms with Crippen LogP contribution in [0.4, 0.5) is 0 Å². The van der Waals surface area contributed by atoms with Gasteiger partial charge in [-0.15, -0.1) is 0 Å². The van der Waals surface area contributed by atoms with Gasteiger partial charge in [-0.3, -0.25) is 0 Å². The van der Waals surface area contributed by atoms with Crippen molar-refractivity contribution in [1.29, 1.82) is 0 Å². The number of nitrogens with one attached hydrogen (secondary N) is 1. The summed E-state index contributed by atoms with van der Waals surface area (Å²) in [7, 11) is 1.63. The number of hydrogen-bond acceptors (Lipinski definition) is 4. The highest BCUT2D eigenvalue weighted by Gasteiger charge is 2.12. The van der Waals surface area contributed by atoms with Crippen LogP contribution in [0.5, 0.6) is 11.5 Å². The van der Waals surface area contributed by atoms with E-state index in [1.54, 1.807) is 7.11 Å². The third kappa shape index (κ3) is 4.89. The lowest BCUT2D eigenvalue weighted by Crippen LogP contribution is -2.24. The van der Waals surface area contributed by atoms with Crippen LogP contribution < -0.4 is 14.8 Å². The Balaban J connectivity index is 1.90. The van der Waals surface area contributed by atoms with E-state index < -0.39 is 0 Å². The van der Waals surface area contributed by atoms with Gasteiger partial charge in [-0.25, -0.2) is 4.98 Å². The smallest absolute Gasteiger partial charge is 0.179 e. The predicted molar refractivity (Wildman–Crippen MR) is 97.0 cm³/mol. The number of aryl methyl sites for hydroxylation is 1. The maximum atomic E-state index is 6.30. The molecule has 1 N–H and O–H groups in total. The highest BCUT2D eigenvalue weighted by molar-refractivity contribution is 6.32. The quantitative estimate of drug-likeness (QED) is 0.748. The fourth-order valence-corrected chi connectivity index (χ4v) is 2.91. The first-order chi connectivity index (χ1) is 11.5. The van der Waals surface area contributed by atoms with Crippen LogP contribution in [0.2, 0.25) is 5.02 Å². The minimum absolute atomic E-state index is 0.498. The topological polar surface area (TPSA) is 48.3 Å². The van der Waals surface area contributed by atoms with Crippen LogP contribution in [0.1, 0.15) is 25.2 Å². The molecule has 132 valence electrons. The van der Waals surface area contributed by atoms with E-state index in [1.165, 1.54) is 0 Å². The third-order valence-corrected chi connectivity index (χ3v) is 4.11. The van der Waals surface area contributed by atoms with Crippen molar-refractivity contribution in [1.82, 2.24) is 14.9 Å². The molecule has 0 aliphatic rings. The molecular weight excluding hydrogens is 326 g/mol. The van der Waals surface area contributed by atoms with Crippen molar-refractivity contribution in [2.45, 2.75) is 33.9 Å². The van der Waals surface area contributed by atoms with E-state index >= 15 is 0 Å². The van der Waals surface area contributed by atoms with E-state index in [1.807, 2.05) is 38.4 Å². The second-order valence-corrected chi connectivity index (χ2v) is 6.31. The number of methoxy groups -OCH3 is 1.